The van der Waals surface area contributed by atoms with Crippen molar-refractivity contribution in [3.05, 3.63) is 99.5 Å². The number of aromatic hydroxyl groups is 1. The number of carbonyl (C=O) groups is 1. The van der Waals surface area contributed by atoms with Crippen LogP contribution in [-0.2, 0) is 6.54 Å². The monoisotopic (exact) mass is 444 g/mol. The molecule has 1 aliphatic heterocycles. The Morgan fingerprint density at radius 1 is 1.16 bits per heavy atom. The van der Waals surface area contributed by atoms with E-state index in [0.29, 0.717) is 28.5 Å². The lowest BCUT2D eigenvalue weighted by Crippen LogP contribution is -2.29. The quantitative estimate of drug-likeness (QED) is 0.453. The third-order valence-corrected chi connectivity index (χ3v) is 6.27. The molecule has 160 valence electrons. The number of H-pyrrole nitrogens is 1. The average Bonchev–Trinajstić information content (AvgIpc) is 3.32. The Hall–Kier alpha value is -3.64. The van der Waals surface area contributed by atoms with Crippen LogP contribution < -0.4 is 0 Å². The SMILES string of the molecule is Cc1ccc([C@H]2c3c(-c4cc(Cl)c(C)cc4O)n[nH]c3C(=O)N2Cc2cccnc2)cc1. The first-order valence-corrected chi connectivity index (χ1v) is 10.7. The van der Waals surface area contributed by atoms with Gasteiger partial charge in [0, 0.05) is 35.1 Å². The van der Waals surface area contributed by atoms with E-state index in [-0.39, 0.29) is 17.7 Å². The number of phenols is 1. The molecular weight excluding hydrogens is 424 g/mol. The van der Waals surface area contributed by atoms with Crippen LogP contribution in [0.25, 0.3) is 11.3 Å². The van der Waals surface area contributed by atoms with Crippen LogP contribution in [0.4, 0.5) is 0 Å². The molecule has 6 nitrogen and oxygen atoms in total. The Morgan fingerprint density at radius 3 is 2.66 bits per heavy atom. The van der Waals surface area contributed by atoms with Gasteiger partial charge in [0.05, 0.1) is 6.04 Å². The molecule has 4 aromatic rings. The van der Waals surface area contributed by atoms with Gasteiger partial charge < -0.3 is 10.0 Å². The molecule has 0 bridgehead atoms. The summed E-state index contributed by atoms with van der Waals surface area (Å²) >= 11 is 6.36. The van der Waals surface area contributed by atoms with Crippen molar-refractivity contribution in [1.82, 2.24) is 20.1 Å². The molecule has 2 aromatic heterocycles. The van der Waals surface area contributed by atoms with Gasteiger partial charge in [-0.3, -0.25) is 14.9 Å². The molecule has 0 spiro atoms. The summed E-state index contributed by atoms with van der Waals surface area (Å²) in [7, 11) is 0. The smallest absolute Gasteiger partial charge is 0.273 e. The number of aromatic amines is 1. The first-order valence-electron chi connectivity index (χ1n) is 10.3. The molecular formula is C25H21ClN4O2. The largest absolute Gasteiger partial charge is 0.507 e. The highest BCUT2D eigenvalue weighted by atomic mass is 35.5. The van der Waals surface area contributed by atoms with E-state index >= 15 is 0 Å². The molecule has 1 aliphatic rings. The fourth-order valence-electron chi connectivity index (χ4n) is 4.20. The van der Waals surface area contributed by atoms with Crippen LogP contribution in [0.15, 0.2) is 60.9 Å². The molecule has 2 aromatic carbocycles. The molecule has 1 amide bonds. The van der Waals surface area contributed by atoms with E-state index in [0.717, 1.165) is 27.8 Å². The van der Waals surface area contributed by atoms with Gasteiger partial charge in [-0.05, 0) is 48.7 Å². The van der Waals surface area contributed by atoms with E-state index in [9.17, 15) is 9.90 Å². The average molecular weight is 445 g/mol. The summed E-state index contributed by atoms with van der Waals surface area (Å²) in [5, 5.41) is 18.5. The number of hydrogen-bond acceptors (Lipinski definition) is 4. The lowest BCUT2D eigenvalue weighted by atomic mass is 9.94. The van der Waals surface area contributed by atoms with Gasteiger partial charge >= 0.3 is 0 Å². The lowest BCUT2D eigenvalue weighted by molar-refractivity contribution is 0.0730. The predicted octanol–water partition coefficient (Wildman–Crippen LogP) is 5.19. The van der Waals surface area contributed by atoms with Crippen LogP contribution in [0, 0.1) is 13.8 Å². The van der Waals surface area contributed by atoms with Crippen molar-refractivity contribution in [1.29, 1.82) is 0 Å². The number of hydrogen-bond donors (Lipinski definition) is 2. The minimum absolute atomic E-state index is 0.0713. The zero-order chi connectivity index (χ0) is 22.4. The molecule has 0 saturated heterocycles. The Bertz CT molecular complexity index is 1320. The predicted molar refractivity (Wildman–Crippen MR) is 123 cm³/mol. The number of phenolic OH excluding ortho intramolecular Hbond substituents is 1. The van der Waals surface area contributed by atoms with Gasteiger partial charge in [0.2, 0.25) is 0 Å². The van der Waals surface area contributed by atoms with Crippen molar-refractivity contribution in [2.24, 2.45) is 0 Å². The van der Waals surface area contributed by atoms with Crippen LogP contribution in [0.2, 0.25) is 5.02 Å². The minimum Gasteiger partial charge on any atom is -0.507 e. The number of amides is 1. The summed E-state index contributed by atoms with van der Waals surface area (Å²) in [5.41, 5.74) is 5.96. The maximum absolute atomic E-state index is 13.4. The van der Waals surface area contributed by atoms with Gasteiger partial charge in [-0.25, -0.2) is 0 Å². The molecule has 0 saturated carbocycles. The van der Waals surface area contributed by atoms with Gasteiger partial charge in [-0.2, -0.15) is 5.10 Å². The Kier molecular flexibility index (Phi) is 4.94. The van der Waals surface area contributed by atoms with Crippen molar-refractivity contribution in [3.63, 3.8) is 0 Å². The normalized spacial score (nSPS) is 15.3. The summed E-state index contributed by atoms with van der Waals surface area (Å²) < 4.78 is 0. The number of halogens is 1. The summed E-state index contributed by atoms with van der Waals surface area (Å²) in [6.45, 7) is 4.25. The van der Waals surface area contributed by atoms with Crippen molar-refractivity contribution in [2.45, 2.75) is 26.4 Å². The first-order chi connectivity index (χ1) is 15.4. The molecule has 3 heterocycles. The second-order valence-electron chi connectivity index (χ2n) is 8.09. The van der Waals surface area contributed by atoms with E-state index in [1.165, 1.54) is 0 Å². The minimum atomic E-state index is -0.369. The number of aryl methyl sites for hydroxylation is 2. The molecule has 0 unspecified atom stereocenters. The number of nitrogens with zero attached hydrogens (tertiary/aromatic N) is 3. The number of nitrogens with one attached hydrogen (secondary N) is 1. The summed E-state index contributed by atoms with van der Waals surface area (Å²) in [4.78, 5) is 19.4. The maximum atomic E-state index is 13.4. The summed E-state index contributed by atoms with van der Waals surface area (Å²) in [5.74, 6) is -0.0760. The number of pyridine rings is 1. The Morgan fingerprint density at radius 2 is 1.94 bits per heavy atom. The van der Waals surface area contributed by atoms with Crippen molar-refractivity contribution < 1.29 is 9.90 Å². The van der Waals surface area contributed by atoms with Crippen LogP contribution in [0.1, 0.15) is 44.3 Å². The fraction of sp³-hybridized carbons (Fsp3) is 0.160. The Balaban J connectivity index is 1.68. The molecule has 0 radical (unpaired) electrons. The molecule has 7 heteroatoms. The van der Waals surface area contributed by atoms with Gasteiger partial charge in [0.15, 0.2) is 0 Å². The zero-order valence-corrected chi connectivity index (χ0v) is 18.4. The molecule has 1 atom stereocenters. The molecule has 2 N–H and O–H groups in total. The van der Waals surface area contributed by atoms with Crippen LogP contribution in [0.5, 0.6) is 5.75 Å². The lowest BCUT2D eigenvalue weighted by Gasteiger charge is -2.26. The second kappa shape index (κ2) is 7.80. The molecule has 5 rings (SSSR count). The van der Waals surface area contributed by atoms with E-state index in [1.54, 1.807) is 29.4 Å². The van der Waals surface area contributed by atoms with Crippen molar-refractivity contribution in [2.75, 3.05) is 0 Å². The van der Waals surface area contributed by atoms with Gasteiger partial charge in [0.25, 0.3) is 5.91 Å². The summed E-state index contributed by atoms with van der Waals surface area (Å²) in [6.07, 6.45) is 3.47. The zero-order valence-electron chi connectivity index (χ0n) is 17.6. The van der Waals surface area contributed by atoms with E-state index in [4.69, 9.17) is 11.6 Å². The molecule has 0 fully saturated rings. The van der Waals surface area contributed by atoms with Gasteiger partial charge in [-0.15, -0.1) is 0 Å². The third-order valence-electron chi connectivity index (χ3n) is 5.86. The van der Waals surface area contributed by atoms with Crippen LogP contribution >= 0.6 is 11.6 Å². The number of benzene rings is 2. The Labute approximate surface area is 190 Å². The van der Waals surface area contributed by atoms with Crippen molar-refractivity contribution >= 4 is 17.5 Å². The number of rotatable bonds is 4. The van der Waals surface area contributed by atoms with E-state index in [2.05, 4.69) is 15.2 Å². The van der Waals surface area contributed by atoms with E-state index in [1.807, 2.05) is 50.2 Å². The van der Waals surface area contributed by atoms with Crippen LogP contribution in [0.3, 0.4) is 0 Å². The maximum Gasteiger partial charge on any atom is 0.273 e. The van der Waals surface area contributed by atoms with Gasteiger partial charge in [-0.1, -0.05) is 47.5 Å². The number of aromatic nitrogens is 3. The summed E-state index contributed by atoms with van der Waals surface area (Å²) in [6, 6.07) is 14.9. The third kappa shape index (κ3) is 3.33. The highest BCUT2D eigenvalue weighted by Crippen LogP contribution is 2.45. The molecule has 0 aliphatic carbocycles. The fourth-order valence-corrected chi connectivity index (χ4v) is 4.37. The number of carbonyl (C=O) groups excluding carboxylic acids is 1. The number of fused-ring (bicyclic) bond motifs is 1. The van der Waals surface area contributed by atoms with E-state index < -0.39 is 0 Å². The highest BCUT2D eigenvalue weighted by Gasteiger charge is 2.42. The van der Waals surface area contributed by atoms with Gasteiger partial charge in [0.1, 0.15) is 17.1 Å². The van der Waals surface area contributed by atoms with Crippen LogP contribution in [-0.4, -0.2) is 31.1 Å². The highest BCUT2D eigenvalue weighted by molar-refractivity contribution is 6.31. The topological polar surface area (TPSA) is 82.1 Å². The van der Waals surface area contributed by atoms with Crippen molar-refractivity contribution in [3.8, 4) is 17.0 Å². The second-order valence-corrected chi connectivity index (χ2v) is 8.49. The molecule has 32 heavy (non-hydrogen) atoms. The first kappa shape index (κ1) is 20.3. The standard InChI is InChI=1S/C25H21ClN4O2/c1-14-5-7-17(8-6-14)24-21-22(18-11-19(26)15(2)10-20(18)31)28-29-23(21)25(32)30(24)13-16-4-3-9-27-12-16/h3-12,24,31H,13H2,1-2H3,(H,28,29)/t24-/m0/s1.